The van der Waals surface area contributed by atoms with Gasteiger partial charge in [-0.3, -0.25) is 4.40 Å². The molecule has 1 fully saturated rings. The van der Waals surface area contributed by atoms with Crippen molar-refractivity contribution in [1.82, 2.24) is 19.5 Å². The molecule has 26 heavy (non-hydrogen) atoms. The van der Waals surface area contributed by atoms with Crippen LogP contribution in [0.2, 0.25) is 5.02 Å². The lowest BCUT2D eigenvalue weighted by atomic mass is 9.96. The number of urea groups is 1. The molecule has 4 rings (SSSR count). The third-order valence-corrected chi connectivity index (χ3v) is 5.32. The number of pyridine rings is 1. The average molecular weight is 370 g/mol. The Kier molecular flexibility index (Phi) is 4.51. The smallest absolute Gasteiger partial charge is 0.321 e. The zero-order valence-corrected chi connectivity index (χ0v) is 15.3. The predicted octanol–water partition coefficient (Wildman–Crippen LogP) is 4.10. The van der Waals surface area contributed by atoms with Gasteiger partial charge in [0, 0.05) is 35.9 Å². The van der Waals surface area contributed by atoms with Gasteiger partial charge < -0.3 is 10.2 Å². The van der Waals surface area contributed by atoms with Crippen LogP contribution >= 0.6 is 11.6 Å². The largest absolute Gasteiger partial charge is 0.324 e. The Morgan fingerprint density at radius 1 is 1.19 bits per heavy atom. The number of aryl methyl sites for hydroxylation is 1. The van der Waals surface area contributed by atoms with Gasteiger partial charge in [-0.1, -0.05) is 23.7 Å². The summed E-state index contributed by atoms with van der Waals surface area (Å²) in [5.74, 6) is 1.29. The minimum atomic E-state index is -0.0885. The van der Waals surface area contributed by atoms with E-state index in [0.717, 1.165) is 35.6 Å². The lowest BCUT2D eigenvalue weighted by molar-refractivity contribution is 0.193. The van der Waals surface area contributed by atoms with Gasteiger partial charge in [0.15, 0.2) is 5.65 Å². The number of halogens is 1. The van der Waals surface area contributed by atoms with Gasteiger partial charge in [-0.15, -0.1) is 10.2 Å². The van der Waals surface area contributed by atoms with Gasteiger partial charge in [0.05, 0.1) is 0 Å². The number of likely N-dealkylation sites (tertiary alicyclic amines) is 1. The SMILES string of the molecule is Cc1ccc(NC(=O)N2CCC(c3nnc4ccccn34)CC2)cc1Cl. The topological polar surface area (TPSA) is 62.5 Å². The van der Waals surface area contributed by atoms with Gasteiger partial charge in [0.2, 0.25) is 0 Å². The maximum atomic E-state index is 12.5. The summed E-state index contributed by atoms with van der Waals surface area (Å²) in [5, 5.41) is 12.2. The number of aromatic nitrogens is 3. The summed E-state index contributed by atoms with van der Waals surface area (Å²) in [4.78, 5) is 14.3. The number of benzene rings is 1. The van der Waals surface area contributed by atoms with Crippen molar-refractivity contribution >= 4 is 29.0 Å². The molecule has 0 radical (unpaired) electrons. The standard InChI is InChI=1S/C19H20ClN5O/c1-13-5-6-15(12-16(13)20)21-19(26)24-10-7-14(8-11-24)18-23-22-17-4-2-3-9-25(17)18/h2-6,9,12,14H,7-8,10-11H2,1H3,(H,21,26). The number of carbonyl (C=O) groups excluding carboxylic acids is 1. The molecular weight excluding hydrogens is 350 g/mol. The maximum absolute atomic E-state index is 12.5. The van der Waals surface area contributed by atoms with E-state index in [-0.39, 0.29) is 6.03 Å². The molecule has 1 aliphatic rings. The molecule has 0 atom stereocenters. The van der Waals surface area contributed by atoms with Crippen LogP contribution < -0.4 is 5.32 Å². The van der Waals surface area contributed by atoms with Gasteiger partial charge in [0.25, 0.3) is 0 Å². The van der Waals surface area contributed by atoms with Gasteiger partial charge in [-0.25, -0.2) is 4.79 Å². The number of hydrogen-bond acceptors (Lipinski definition) is 3. The lowest BCUT2D eigenvalue weighted by Crippen LogP contribution is -2.40. The van der Waals surface area contributed by atoms with Crippen molar-refractivity contribution in [2.75, 3.05) is 18.4 Å². The molecule has 0 unspecified atom stereocenters. The zero-order chi connectivity index (χ0) is 18.1. The van der Waals surface area contributed by atoms with Crippen molar-refractivity contribution in [3.63, 3.8) is 0 Å². The van der Waals surface area contributed by atoms with Gasteiger partial charge >= 0.3 is 6.03 Å². The molecule has 6 nitrogen and oxygen atoms in total. The molecule has 2 aromatic heterocycles. The molecular formula is C19H20ClN5O. The first-order valence-electron chi connectivity index (χ1n) is 8.73. The molecule has 3 heterocycles. The van der Waals surface area contributed by atoms with Crippen molar-refractivity contribution < 1.29 is 4.79 Å². The van der Waals surface area contributed by atoms with E-state index in [1.807, 2.05) is 52.8 Å². The monoisotopic (exact) mass is 369 g/mol. The van der Waals surface area contributed by atoms with Crippen LogP contribution in [0.15, 0.2) is 42.6 Å². The van der Waals surface area contributed by atoms with Crippen LogP contribution in [-0.2, 0) is 0 Å². The van der Waals surface area contributed by atoms with Crippen LogP contribution in [0.25, 0.3) is 5.65 Å². The first kappa shape index (κ1) is 16.8. The van der Waals surface area contributed by atoms with Crippen LogP contribution in [0.5, 0.6) is 0 Å². The zero-order valence-electron chi connectivity index (χ0n) is 14.5. The Balaban J connectivity index is 1.40. The summed E-state index contributed by atoms with van der Waals surface area (Å²) >= 11 is 6.13. The van der Waals surface area contributed by atoms with Gasteiger partial charge in [-0.2, -0.15) is 0 Å². The quantitative estimate of drug-likeness (QED) is 0.739. The minimum Gasteiger partial charge on any atom is -0.324 e. The van der Waals surface area contributed by atoms with Crippen LogP contribution in [0.3, 0.4) is 0 Å². The molecule has 1 saturated heterocycles. The molecule has 0 aliphatic carbocycles. The minimum absolute atomic E-state index is 0.0885. The Bertz CT molecular complexity index is 946. The Labute approximate surface area is 156 Å². The highest BCUT2D eigenvalue weighted by Gasteiger charge is 2.26. The number of nitrogens with one attached hydrogen (secondary N) is 1. The highest BCUT2D eigenvalue weighted by molar-refractivity contribution is 6.31. The van der Waals surface area contributed by atoms with Crippen molar-refractivity contribution in [1.29, 1.82) is 0 Å². The van der Waals surface area contributed by atoms with Crippen LogP contribution in [0, 0.1) is 6.92 Å². The Morgan fingerprint density at radius 2 is 2.00 bits per heavy atom. The van der Waals surface area contributed by atoms with Gasteiger partial charge in [0.1, 0.15) is 5.82 Å². The van der Waals surface area contributed by atoms with E-state index in [2.05, 4.69) is 15.5 Å². The Morgan fingerprint density at radius 3 is 2.77 bits per heavy atom. The molecule has 0 saturated carbocycles. The van der Waals surface area contributed by atoms with E-state index in [1.165, 1.54) is 0 Å². The highest BCUT2D eigenvalue weighted by Crippen LogP contribution is 2.27. The fraction of sp³-hybridized carbons (Fsp3) is 0.316. The number of hydrogen-bond donors (Lipinski definition) is 1. The second-order valence-electron chi connectivity index (χ2n) is 6.64. The molecule has 134 valence electrons. The Hall–Kier alpha value is -2.60. The predicted molar refractivity (Wildman–Crippen MR) is 102 cm³/mol. The number of carbonyl (C=O) groups is 1. The first-order chi connectivity index (χ1) is 12.6. The van der Waals surface area contributed by atoms with Crippen LogP contribution in [0.4, 0.5) is 10.5 Å². The molecule has 1 aromatic carbocycles. The third-order valence-electron chi connectivity index (χ3n) is 4.91. The number of rotatable bonds is 2. The van der Waals surface area contributed by atoms with E-state index < -0.39 is 0 Å². The van der Waals surface area contributed by atoms with E-state index in [0.29, 0.717) is 24.0 Å². The van der Waals surface area contributed by atoms with E-state index in [4.69, 9.17) is 11.6 Å². The van der Waals surface area contributed by atoms with E-state index >= 15 is 0 Å². The number of amides is 2. The first-order valence-corrected chi connectivity index (χ1v) is 9.11. The summed E-state index contributed by atoms with van der Waals surface area (Å²) in [6.45, 7) is 3.32. The third kappa shape index (κ3) is 3.24. The fourth-order valence-electron chi connectivity index (χ4n) is 3.35. The maximum Gasteiger partial charge on any atom is 0.321 e. The van der Waals surface area contributed by atoms with Crippen molar-refractivity contribution in [3.8, 4) is 0 Å². The lowest BCUT2D eigenvalue weighted by Gasteiger charge is -2.31. The molecule has 1 aliphatic heterocycles. The summed E-state index contributed by atoms with van der Waals surface area (Å²) in [7, 11) is 0. The van der Waals surface area contributed by atoms with E-state index in [9.17, 15) is 4.79 Å². The van der Waals surface area contributed by atoms with Crippen molar-refractivity contribution in [2.45, 2.75) is 25.7 Å². The summed E-state index contributed by atoms with van der Waals surface area (Å²) in [6, 6.07) is 11.4. The second-order valence-corrected chi connectivity index (χ2v) is 7.05. The summed E-state index contributed by atoms with van der Waals surface area (Å²) in [5.41, 5.74) is 2.57. The van der Waals surface area contributed by atoms with E-state index in [1.54, 1.807) is 6.07 Å². The summed E-state index contributed by atoms with van der Waals surface area (Å²) in [6.07, 6.45) is 3.74. The van der Waals surface area contributed by atoms with Crippen LogP contribution in [-0.4, -0.2) is 38.6 Å². The number of piperidine rings is 1. The molecule has 0 spiro atoms. The highest BCUT2D eigenvalue weighted by atomic mass is 35.5. The molecule has 2 amide bonds. The number of fused-ring (bicyclic) bond motifs is 1. The van der Waals surface area contributed by atoms with Gasteiger partial charge in [-0.05, 0) is 49.6 Å². The molecule has 1 N–H and O–H groups in total. The molecule has 7 heteroatoms. The second kappa shape index (κ2) is 6.96. The number of nitrogens with zero attached hydrogens (tertiary/aromatic N) is 4. The van der Waals surface area contributed by atoms with Crippen molar-refractivity contribution in [2.24, 2.45) is 0 Å². The fourth-order valence-corrected chi connectivity index (χ4v) is 3.53. The normalized spacial score (nSPS) is 15.4. The summed E-state index contributed by atoms with van der Waals surface area (Å²) < 4.78 is 2.04. The van der Waals surface area contributed by atoms with Crippen LogP contribution in [0.1, 0.15) is 30.1 Å². The molecule has 3 aromatic rings. The van der Waals surface area contributed by atoms with Crippen molar-refractivity contribution in [3.05, 3.63) is 59.0 Å². The number of anilines is 1. The molecule has 0 bridgehead atoms. The average Bonchev–Trinajstić information content (AvgIpc) is 3.09.